The SMILES string of the molecule is CC.FC1(F)CCNC1.FC1(F)CCNC1. The van der Waals surface area contributed by atoms with Gasteiger partial charge in [-0.15, -0.1) is 0 Å². The normalized spacial score (nSPS) is 25.1. The van der Waals surface area contributed by atoms with Crippen LogP contribution < -0.4 is 10.6 Å². The maximum absolute atomic E-state index is 11.9. The van der Waals surface area contributed by atoms with Crippen molar-refractivity contribution < 1.29 is 17.6 Å². The number of rotatable bonds is 0. The van der Waals surface area contributed by atoms with E-state index in [4.69, 9.17) is 0 Å². The average molecular weight is 244 g/mol. The minimum atomic E-state index is -2.42. The molecule has 0 aromatic carbocycles. The van der Waals surface area contributed by atoms with Gasteiger partial charge in [-0.05, 0) is 0 Å². The second-order valence-corrected chi connectivity index (χ2v) is 3.57. The van der Waals surface area contributed by atoms with Crippen molar-refractivity contribution in [1.82, 2.24) is 10.6 Å². The number of halogens is 4. The first kappa shape index (κ1) is 15.6. The predicted molar refractivity (Wildman–Crippen MR) is 56.2 cm³/mol. The van der Waals surface area contributed by atoms with Crippen molar-refractivity contribution in [3.8, 4) is 0 Å². The lowest BCUT2D eigenvalue weighted by Crippen LogP contribution is -2.18. The fourth-order valence-electron chi connectivity index (χ4n) is 1.26. The molecule has 0 amide bonds. The maximum Gasteiger partial charge on any atom is 0.261 e. The van der Waals surface area contributed by atoms with Crippen LogP contribution in [0.4, 0.5) is 17.6 Å². The molecule has 0 saturated carbocycles. The third-order valence-corrected chi connectivity index (χ3v) is 2.10. The topological polar surface area (TPSA) is 24.1 Å². The van der Waals surface area contributed by atoms with E-state index in [0.29, 0.717) is 13.1 Å². The van der Waals surface area contributed by atoms with Crippen LogP contribution in [0.2, 0.25) is 0 Å². The van der Waals surface area contributed by atoms with Gasteiger partial charge < -0.3 is 10.6 Å². The van der Waals surface area contributed by atoms with Crippen LogP contribution in [0.15, 0.2) is 0 Å². The van der Waals surface area contributed by atoms with E-state index in [9.17, 15) is 17.6 Å². The molecule has 2 nitrogen and oxygen atoms in total. The lowest BCUT2D eigenvalue weighted by molar-refractivity contribution is 0.0231. The molecule has 2 saturated heterocycles. The van der Waals surface area contributed by atoms with Gasteiger partial charge in [-0.2, -0.15) is 0 Å². The Morgan fingerprint density at radius 1 is 0.750 bits per heavy atom. The summed E-state index contributed by atoms with van der Waals surface area (Å²) in [6, 6.07) is 0. The summed E-state index contributed by atoms with van der Waals surface area (Å²) in [6.45, 7) is 4.67. The predicted octanol–water partition coefficient (Wildman–Crippen LogP) is 2.26. The zero-order chi connectivity index (χ0) is 12.7. The maximum atomic E-state index is 11.9. The van der Waals surface area contributed by atoms with E-state index in [1.165, 1.54) is 0 Å². The molecule has 0 bridgehead atoms. The summed E-state index contributed by atoms with van der Waals surface area (Å²) in [5.41, 5.74) is 0. The van der Waals surface area contributed by atoms with Crippen LogP contribution in [-0.2, 0) is 0 Å². The summed E-state index contributed by atoms with van der Waals surface area (Å²) in [5, 5.41) is 5.12. The first-order chi connectivity index (χ1) is 7.41. The largest absolute Gasteiger partial charge is 0.311 e. The van der Waals surface area contributed by atoms with Crippen molar-refractivity contribution in [2.24, 2.45) is 0 Å². The van der Waals surface area contributed by atoms with Crippen LogP contribution in [0.5, 0.6) is 0 Å². The first-order valence-corrected chi connectivity index (χ1v) is 5.58. The van der Waals surface area contributed by atoms with Crippen molar-refractivity contribution in [2.75, 3.05) is 26.2 Å². The Labute approximate surface area is 93.8 Å². The van der Waals surface area contributed by atoms with Gasteiger partial charge in [-0.25, -0.2) is 17.6 Å². The molecule has 2 rings (SSSR count). The molecule has 6 heteroatoms. The third kappa shape index (κ3) is 7.00. The van der Waals surface area contributed by atoms with Gasteiger partial charge in [0.1, 0.15) is 0 Å². The summed E-state index contributed by atoms with van der Waals surface area (Å²) in [4.78, 5) is 0. The van der Waals surface area contributed by atoms with Gasteiger partial charge in [0.25, 0.3) is 11.8 Å². The molecule has 2 N–H and O–H groups in total. The molecule has 0 aliphatic carbocycles. The van der Waals surface area contributed by atoms with Crippen molar-refractivity contribution in [1.29, 1.82) is 0 Å². The van der Waals surface area contributed by atoms with E-state index in [1.807, 2.05) is 13.8 Å². The zero-order valence-electron chi connectivity index (χ0n) is 9.75. The molecule has 2 fully saturated rings. The molecule has 2 heterocycles. The standard InChI is InChI=1S/2C4H7F2N.C2H6/c2*5-4(6)1-2-7-3-4;1-2/h2*7H,1-3H2;1-2H3. The fourth-order valence-corrected chi connectivity index (χ4v) is 1.26. The number of alkyl halides is 4. The van der Waals surface area contributed by atoms with Crippen molar-refractivity contribution >= 4 is 0 Å². The Morgan fingerprint density at radius 2 is 1.06 bits per heavy atom. The summed E-state index contributed by atoms with van der Waals surface area (Å²) in [5.74, 6) is -4.83. The van der Waals surface area contributed by atoms with Crippen molar-refractivity contribution in [3.05, 3.63) is 0 Å². The molecule has 0 spiro atoms. The highest BCUT2D eigenvalue weighted by molar-refractivity contribution is 4.77. The Bertz CT molecular complexity index is 150. The number of hydrogen-bond donors (Lipinski definition) is 2. The van der Waals surface area contributed by atoms with Gasteiger partial charge in [0, 0.05) is 25.9 Å². The Morgan fingerprint density at radius 3 is 1.12 bits per heavy atom. The Hall–Kier alpha value is -0.360. The second kappa shape index (κ2) is 7.06. The summed E-state index contributed by atoms with van der Waals surface area (Å²) in [6.07, 6.45) is 0.0139. The molecule has 0 aromatic rings. The van der Waals surface area contributed by atoms with E-state index < -0.39 is 11.8 Å². The molecule has 0 aromatic heterocycles. The molecule has 2 aliphatic heterocycles. The van der Waals surface area contributed by atoms with Gasteiger partial charge in [0.2, 0.25) is 0 Å². The Kier molecular flexibility index (Phi) is 6.90. The highest BCUT2D eigenvalue weighted by atomic mass is 19.3. The quantitative estimate of drug-likeness (QED) is 0.639. The average Bonchev–Trinajstić information content (AvgIpc) is 2.78. The zero-order valence-corrected chi connectivity index (χ0v) is 9.75. The van der Waals surface area contributed by atoms with Crippen LogP contribution in [0.25, 0.3) is 0 Å². The molecular weight excluding hydrogens is 224 g/mol. The molecule has 0 radical (unpaired) electrons. The lowest BCUT2D eigenvalue weighted by Gasteiger charge is -2.02. The van der Waals surface area contributed by atoms with Gasteiger partial charge in [0.05, 0.1) is 13.1 Å². The van der Waals surface area contributed by atoms with E-state index >= 15 is 0 Å². The molecule has 98 valence electrons. The highest BCUT2D eigenvalue weighted by Crippen LogP contribution is 2.20. The Balaban J connectivity index is 0.000000244. The minimum absolute atomic E-state index is 0.00694. The van der Waals surface area contributed by atoms with E-state index in [1.54, 1.807) is 0 Å². The minimum Gasteiger partial charge on any atom is -0.311 e. The summed E-state index contributed by atoms with van der Waals surface area (Å²) in [7, 11) is 0. The number of hydrogen-bond acceptors (Lipinski definition) is 2. The third-order valence-electron chi connectivity index (χ3n) is 2.10. The van der Waals surface area contributed by atoms with Gasteiger partial charge in [-0.1, -0.05) is 13.8 Å². The first-order valence-electron chi connectivity index (χ1n) is 5.58. The monoisotopic (exact) mass is 244 g/mol. The molecule has 2 aliphatic rings. The van der Waals surface area contributed by atoms with Crippen LogP contribution in [0.1, 0.15) is 26.7 Å². The van der Waals surface area contributed by atoms with E-state index in [0.717, 1.165) is 0 Å². The fraction of sp³-hybridized carbons (Fsp3) is 1.00. The molecular formula is C10H20F4N2. The van der Waals surface area contributed by atoms with Crippen LogP contribution in [0, 0.1) is 0 Å². The van der Waals surface area contributed by atoms with Crippen LogP contribution in [0.3, 0.4) is 0 Å². The molecule has 0 atom stereocenters. The molecule has 16 heavy (non-hydrogen) atoms. The van der Waals surface area contributed by atoms with E-state index in [-0.39, 0.29) is 25.9 Å². The van der Waals surface area contributed by atoms with Crippen LogP contribution in [-0.4, -0.2) is 38.0 Å². The highest BCUT2D eigenvalue weighted by Gasteiger charge is 2.32. The smallest absolute Gasteiger partial charge is 0.261 e. The number of nitrogens with one attached hydrogen (secondary N) is 2. The van der Waals surface area contributed by atoms with E-state index in [2.05, 4.69) is 10.6 Å². The van der Waals surface area contributed by atoms with Crippen LogP contribution >= 0.6 is 0 Å². The summed E-state index contributed by atoms with van der Waals surface area (Å²) >= 11 is 0. The summed E-state index contributed by atoms with van der Waals surface area (Å²) < 4.78 is 47.5. The van der Waals surface area contributed by atoms with Gasteiger partial charge in [-0.3, -0.25) is 0 Å². The lowest BCUT2D eigenvalue weighted by atomic mass is 10.3. The van der Waals surface area contributed by atoms with Gasteiger partial charge in [0.15, 0.2) is 0 Å². The van der Waals surface area contributed by atoms with Crippen molar-refractivity contribution in [3.63, 3.8) is 0 Å². The van der Waals surface area contributed by atoms with Crippen molar-refractivity contribution in [2.45, 2.75) is 38.5 Å². The second-order valence-electron chi connectivity index (χ2n) is 3.57. The van der Waals surface area contributed by atoms with Gasteiger partial charge >= 0.3 is 0 Å². The molecule has 0 unspecified atom stereocenters.